The summed E-state index contributed by atoms with van der Waals surface area (Å²) in [6, 6.07) is 14.5. The van der Waals surface area contributed by atoms with Gasteiger partial charge >= 0.3 is 0 Å². The molecule has 0 aliphatic rings. The summed E-state index contributed by atoms with van der Waals surface area (Å²) in [4.78, 5) is 24.0. The van der Waals surface area contributed by atoms with E-state index >= 15 is 0 Å². The van der Waals surface area contributed by atoms with Crippen molar-refractivity contribution in [2.45, 2.75) is 26.7 Å². The van der Waals surface area contributed by atoms with Crippen molar-refractivity contribution in [3.63, 3.8) is 0 Å². The molecule has 0 aromatic heterocycles. The largest absolute Gasteiger partial charge is 0.483 e. The maximum atomic E-state index is 12.1. The standard InChI is InChI=1S/C20H24N2O3/c1-4-21-20(24)15-8-7-9-16(12-15)22-19(23)13-25-18-11-6-5-10-17(18)14(2)3/h5-12,14H,4,13H2,1-3H3,(H,21,24)(H,22,23). The average Bonchev–Trinajstić information content (AvgIpc) is 2.60. The number of ether oxygens (including phenoxy) is 1. The first-order chi connectivity index (χ1) is 12.0. The van der Waals surface area contributed by atoms with Gasteiger partial charge in [0.05, 0.1) is 0 Å². The first-order valence-electron chi connectivity index (χ1n) is 8.41. The SMILES string of the molecule is CCNC(=O)c1cccc(NC(=O)COc2ccccc2C(C)C)c1. The molecule has 0 heterocycles. The van der Waals surface area contributed by atoms with Gasteiger partial charge in [0.15, 0.2) is 6.61 Å². The zero-order valence-electron chi connectivity index (χ0n) is 14.8. The Hall–Kier alpha value is -2.82. The van der Waals surface area contributed by atoms with Crippen molar-refractivity contribution >= 4 is 17.5 Å². The molecule has 0 atom stereocenters. The molecule has 0 spiro atoms. The van der Waals surface area contributed by atoms with Crippen LogP contribution in [0.1, 0.15) is 42.6 Å². The fraction of sp³-hybridized carbons (Fsp3) is 0.300. The molecule has 132 valence electrons. The van der Waals surface area contributed by atoms with Crippen LogP contribution >= 0.6 is 0 Å². The minimum atomic E-state index is -0.272. The highest BCUT2D eigenvalue weighted by molar-refractivity contribution is 5.97. The molecule has 0 saturated carbocycles. The van der Waals surface area contributed by atoms with E-state index in [4.69, 9.17) is 4.74 Å². The Morgan fingerprint density at radius 1 is 1.08 bits per heavy atom. The van der Waals surface area contributed by atoms with Gasteiger partial charge in [-0.25, -0.2) is 0 Å². The van der Waals surface area contributed by atoms with E-state index in [9.17, 15) is 9.59 Å². The summed E-state index contributed by atoms with van der Waals surface area (Å²) in [6.45, 7) is 6.48. The maximum absolute atomic E-state index is 12.1. The summed E-state index contributed by atoms with van der Waals surface area (Å²) in [5.41, 5.74) is 2.13. The third-order valence-corrected chi connectivity index (χ3v) is 3.65. The summed E-state index contributed by atoms with van der Waals surface area (Å²) < 4.78 is 5.66. The smallest absolute Gasteiger partial charge is 0.262 e. The van der Waals surface area contributed by atoms with Crippen molar-refractivity contribution in [1.82, 2.24) is 5.32 Å². The Morgan fingerprint density at radius 2 is 1.84 bits per heavy atom. The highest BCUT2D eigenvalue weighted by atomic mass is 16.5. The van der Waals surface area contributed by atoms with Crippen LogP contribution in [-0.4, -0.2) is 25.0 Å². The van der Waals surface area contributed by atoms with Crippen molar-refractivity contribution in [2.24, 2.45) is 0 Å². The monoisotopic (exact) mass is 340 g/mol. The summed E-state index contributed by atoms with van der Waals surface area (Å²) in [7, 11) is 0. The lowest BCUT2D eigenvalue weighted by Gasteiger charge is -2.14. The van der Waals surface area contributed by atoms with Gasteiger partial charge in [0.1, 0.15) is 5.75 Å². The number of amides is 2. The Balaban J connectivity index is 1.97. The Bertz CT molecular complexity index is 741. The molecule has 0 unspecified atom stereocenters. The van der Waals surface area contributed by atoms with Crippen LogP contribution in [0.4, 0.5) is 5.69 Å². The van der Waals surface area contributed by atoms with Crippen LogP contribution in [0, 0.1) is 0 Å². The van der Waals surface area contributed by atoms with Gasteiger partial charge in [0.2, 0.25) is 0 Å². The Morgan fingerprint density at radius 3 is 2.56 bits per heavy atom. The number of hydrogen-bond acceptors (Lipinski definition) is 3. The van der Waals surface area contributed by atoms with E-state index in [0.717, 1.165) is 5.56 Å². The van der Waals surface area contributed by atoms with E-state index in [1.807, 2.05) is 31.2 Å². The molecule has 2 aromatic rings. The average molecular weight is 340 g/mol. The quantitative estimate of drug-likeness (QED) is 0.809. The van der Waals surface area contributed by atoms with Gasteiger partial charge in [-0.1, -0.05) is 38.1 Å². The first-order valence-corrected chi connectivity index (χ1v) is 8.41. The van der Waals surface area contributed by atoms with Crippen molar-refractivity contribution in [3.05, 3.63) is 59.7 Å². The topological polar surface area (TPSA) is 67.4 Å². The third-order valence-electron chi connectivity index (χ3n) is 3.65. The summed E-state index contributed by atoms with van der Waals surface area (Å²) >= 11 is 0. The van der Waals surface area contributed by atoms with Crippen molar-refractivity contribution in [1.29, 1.82) is 0 Å². The minimum Gasteiger partial charge on any atom is -0.483 e. The summed E-state index contributed by atoms with van der Waals surface area (Å²) in [5.74, 6) is 0.587. The lowest BCUT2D eigenvalue weighted by atomic mass is 10.0. The second-order valence-corrected chi connectivity index (χ2v) is 5.97. The van der Waals surface area contributed by atoms with Crippen LogP contribution in [0.25, 0.3) is 0 Å². The molecule has 2 amide bonds. The van der Waals surface area contributed by atoms with Crippen LogP contribution in [0.3, 0.4) is 0 Å². The highest BCUT2D eigenvalue weighted by Crippen LogP contribution is 2.25. The summed E-state index contributed by atoms with van der Waals surface area (Å²) in [5, 5.41) is 5.48. The first kappa shape index (κ1) is 18.5. The number of hydrogen-bond donors (Lipinski definition) is 2. The third kappa shape index (κ3) is 5.35. The number of nitrogens with one attached hydrogen (secondary N) is 2. The Labute approximate surface area is 148 Å². The van der Waals surface area contributed by atoms with Crippen molar-refractivity contribution in [3.8, 4) is 5.75 Å². The normalized spacial score (nSPS) is 10.4. The van der Waals surface area contributed by atoms with E-state index in [-0.39, 0.29) is 18.4 Å². The molecule has 0 radical (unpaired) electrons. The second kappa shape index (κ2) is 8.87. The molecule has 0 fully saturated rings. The molecular weight excluding hydrogens is 316 g/mol. The fourth-order valence-corrected chi connectivity index (χ4v) is 2.43. The zero-order valence-corrected chi connectivity index (χ0v) is 14.8. The molecule has 0 saturated heterocycles. The van der Waals surface area contributed by atoms with Crippen LogP contribution in [0.15, 0.2) is 48.5 Å². The fourth-order valence-electron chi connectivity index (χ4n) is 2.43. The number of rotatable bonds is 7. The molecule has 0 aliphatic heterocycles. The zero-order chi connectivity index (χ0) is 18.2. The Kier molecular flexibility index (Phi) is 6.57. The van der Waals surface area contributed by atoms with E-state index < -0.39 is 0 Å². The van der Waals surface area contributed by atoms with E-state index in [1.54, 1.807) is 24.3 Å². The molecule has 2 aromatic carbocycles. The molecule has 0 aliphatic carbocycles. The van der Waals surface area contributed by atoms with Crippen molar-refractivity contribution < 1.29 is 14.3 Å². The van der Waals surface area contributed by atoms with Gasteiger partial charge in [0, 0.05) is 17.8 Å². The van der Waals surface area contributed by atoms with Gasteiger partial charge in [-0.05, 0) is 42.7 Å². The predicted octanol–water partition coefficient (Wildman–Crippen LogP) is 3.58. The highest BCUT2D eigenvalue weighted by Gasteiger charge is 2.10. The van der Waals surface area contributed by atoms with E-state index in [0.29, 0.717) is 29.5 Å². The molecule has 25 heavy (non-hydrogen) atoms. The van der Waals surface area contributed by atoms with Gasteiger partial charge < -0.3 is 15.4 Å². The number of carbonyl (C=O) groups excluding carboxylic acids is 2. The molecule has 5 heteroatoms. The minimum absolute atomic E-state index is 0.0882. The van der Waals surface area contributed by atoms with Gasteiger partial charge in [-0.3, -0.25) is 9.59 Å². The van der Waals surface area contributed by atoms with Gasteiger partial charge in [-0.2, -0.15) is 0 Å². The van der Waals surface area contributed by atoms with E-state index in [2.05, 4.69) is 24.5 Å². The van der Waals surface area contributed by atoms with Crippen LogP contribution in [0.5, 0.6) is 5.75 Å². The number of para-hydroxylation sites is 1. The molecule has 2 N–H and O–H groups in total. The molecule has 0 bridgehead atoms. The molecule has 2 rings (SSSR count). The lowest BCUT2D eigenvalue weighted by Crippen LogP contribution is -2.23. The number of carbonyl (C=O) groups is 2. The van der Waals surface area contributed by atoms with E-state index in [1.165, 1.54) is 0 Å². The second-order valence-electron chi connectivity index (χ2n) is 5.97. The molecular formula is C20H24N2O3. The molecule has 5 nitrogen and oxygen atoms in total. The van der Waals surface area contributed by atoms with Crippen molar-refractivity contribution in [2.75, 3.05) is 18.5 Å². The number of benzene rings is 2. The van der Waals surface area contributed by atoms with Gasteiger partial charge in [-0.15, -0.1) is 0 Å². The predicted molar refractivity (Wildman–Crippen MR) is 99.1 cm³/mol. The van der Waals surface area contributed by atoms with Crippen LogP contribution in [0.2, 0.25) is 0 Å². The number of anilines is 1. The van der Waals surface area contributed by atoms with Gasteiger partial charge in [0.25, 0.3) is 11.8 Å². The van der Waals surface area contributed by atoms with Crippen LogP contribution in [-0.2, 0) is 4.79 Å². The maximum Gasteiger partial charge on any atom is 0.262 e. The lowest BCUT2D eigenvalue weighted by molar-refractivity contribution is -0.118. The van der Waals surface area contributed by atoms with Crippen LogP contribution < -0.4 is 15.4 Å². The summed E-state index contributed by atoms with van der Waals surface area (Å²) in [6.07, 6.45) is 0.